The Hall–Kier alpha value is -3.57. The van der Waals surface area contributed by atoms with Gasteiger partial charge in [0.2, 0.25) is 11.8 Å². The lowest BCUT2D eigenvalue weighted by Gasteiger charge is -2.18. The van der Waals surface area contributed by atoms with Crippen molar-refractivity contribution in [1.82, 2.24) is 0 Å². The van der Waals surface area contributed by atoms with Crippen molar-refractivity contribution in [2.24, 2.45) is 5.92 Å². The lowest BCUT2D eigenvalue weighted by Crippen LogP contribution is -2.19. The van der Waals surface area contributed by atoms with Gasteiger partial charge in [-0.25, -0.2) is 0 Å². The van der Waals surface area contributed by atoms with Crippen molar-refractivity contribution in [2.45, 2.75) is 23.0 Å². The Balaban J connectivity index is 1.34. The molecule has 1 aliphatic rings. The van der Waals surface area contributed by atoms with E-state index in [2.05, 4.69) is 16.7 Å². The molecule has 0 spiro atoms. The summed E-state index contributed by atoms with van der Waals surface area (Å²) >= 11 is 1.49. The Kier molecular flexibility index (Phi) is 6.13. The van der Waals surface area contributed by atoms with E-state index in [4.69, 9.17) is 0 Å². The summed E-state index contributed by atoms with van der Waals surface area (Å²) < 4.78 is 0. The third-order valence-electron chi connectivity index (χ3n) is 5.68. The number of carbonyl (C=O) groups excluding carboxylic acids is 2. The number of thioether (sulfide) groups is 1. The molecule has 1 aliphatic carbocycles. The molecule has 2 N–H and O–H groups in total. The van der Waals surface area contributed by atoms with E-state index in [1.165, 1.54) is 11.8 Å². The van der Waals surface area contributed by atoms with Crippen molar-refractivity contribution < 1.29 is 9.59 Å². The average Bonchev–Trinajstić information content (AvgIpc) is 3.70. The fourth-order valence-electron chi connectivity index (χ4n) is 3.72. The monoisotopic (exact) mass is 452 g/mol. The van der Waals surface area contributed by atoms with Gasteiger partial charge >= 0.3 is 0 Å². The molecule has 0 aromatic heterocycles. The van der Waals surface area contributed by atoms with Crippen LogP contribution in [0.4, 0.5) is 11.4 Å². The molecule has 0 radical (unpaired) electrons. The molecule has 4 aromatic carbocycles. The van der Waals surface area contributed by atoms with Crippen LogP contribution in [0.25, 0.3) is 10.8 Å². The van der Waals surface area contributed by atoms with E-state index in [1.807, 2.05) is 91.0 Å². The molecule has 33 heavy (non-hydrogen) atoms. The summed E-state index contributed by atoms with van der Waals surface area (Å²) in [6, 6.07) is 31.5. The van der Waals surface area contributed by atoms with E-state index in [9.17, 15) is 9.59 Å². The maximum absolute atomic E-state index is 13.4. The molecule has 0 bridgehead atoms. The first kappa shape index (κ1) is 21.3. The summed E-state index contributed by atoms with van der Waals surface area (Å²) in [4.78, 5) is 26.3. The second-order valence-corrected chi connectivity index (χ2v) is 9.43. The van der Waals surface area contributed by atoms with Crippen LogP contribution in [-0.4, -0.2) is 11.8 Å². The SMILES string of the molecule is O=C(Nc1ccc(SC(C(=O)Nc2ccc3ccccc3c2)c2ccccc2)cc1)C1CC1. The smallest absolute Gasteiger partial charge is 0.242 e. The molecule has 5 heteroatoms. The number of carbonyl (C=O) groups is 2. The zero-order valence-electron chi connectivity index (χ0n) is 18.0. The van der Waals surface area contributed by atoms with Crippen molar-refractivity contribution in [2.75, 3.05) is 10.6 Å². The summed E-state index contributed by atoms with van der Waals surface area (Å²) in [6.45, 7) is 0. The van der Waals surface area contributed by atoms with Gasteiger partial charge in [0.05, 0.1) is 0 Å². The van der Waals surface area contributed by atoms with Crippen LogP contribution < -0.4 is 10.6 Å². The van der Waals surface area contributed by atoms with Crippen molar-refractivity contribution in [3.8, 4) is 0 Å². The third-order valence-corrected chi connectivity index (χ3v) is 6.95. The summed E-state index contributed by atoms with van der Waals surface area (Å²) in [6.07, 6.45) is 1.95. The summed E-state index contributed by atoms with van der Waals surface area (Å²) in [5.74, 6) is 0.181. The Morgan fingerprint density at radius 2 is 1.39 bits per heavy atom. The summed E-state index contributed by atoms with van der Waals surface area (Å²) in [5, 5.41) is 7.86. The Morgan fingerprint density at radius 3 is 2.12 bits per heavy atom. The van der Waals surface area contributed by atoms with Crippen LogP contribution in [-0.2, 0) is 9.59 Å². The van der Waals surface area contributed by atoms with Gasteiger partial charge in [-0.15, -0.1) is 11.8 Å². The van der Waals surface area contributed by atoms with Gasteiger partial charge in [0.15, 0.2) is 0 Å². The fourth-order valence-corrected chi connectivity index (χ4v) is 4.74. The largest absolute Gasteiger partial charge is 0.326 e. The second-order valence-electron chi connectivity index (χ2n) is 8.25. The first-order chi connectivity index (χ1) is 16.2. The zero-order chi connectivity index (χ0) is 22.6. The second kappa shape index (κ2) is 9.51. The third kappa shape index (κ3) is 5.26. The predicted molar refractivity (Wildman–Crippen MR) is 135 cm³/mol. The van der Waals surface area contributed by atoms with Gasteiger partial charge < -0.3 is 10.6 Å². The highest BCUT2D eigenvalue weighted by atomic mass is 32.2. The topological polar surface area (TPSA) is 58.2 Å². The van der Waals surface area contributed by atoms with Crippen LogP contribution >= 0.6 is 11.8 Å². The van der Waals surface area contributed by atoms with E-state index in [1.54, 1.807) is 0 Å². The van der Waals surface area contributed by atoms with Gasteiger partial charge in [-0.2, -0.15) is 0 Å². The van der Waals surface area contributed by atoms with Gasteiger partial charge in [-0.05, 0) is 65.6 Å². The minimum absolute atomic E-state index is 0.0763. The molecule has 1 saturated carbocycles. The lowest BCUT2D eigenvalue weighted by atomic mass is 10.1. The Labute approximate surface area is 197 Å². The minimum Gasteiger partial charge on any atom is -0.326 e. The van der Waals surface area contributed by atoms with E-state index in [0.29, 0.717) is 0 Å². The molecule has 1 atom stereocenters. The number of nitrogens with one attached hydrogen (secondary N) is 2. The van der Waals surface area contributed by atoms with E-state index >= 15 is 0 Å². The van der Waals surface area contributed by atoms with E-state index in [-0.39, 0.29) is 17.7 Å². The zero-order valence-corrected chi connectivity index (χ0v) is 18.8. The number of anilines is 2. The molecule has 164 valence electrons. The van der Waals surface area contributed by atoms with E-state index < -0.39 is 5.25 Å². The Morgan fingerprint density at radius 1 is 0.727 bits per heavy atom. The summed E-state index contributed by atoms with van der Waals surface area (Å²) in [7, 11) is 0. The molecule has 1 unspecified atom stereocenters. The van der Waals surface area contributed by atoms with Crippen molar-refractivity contribution in [3.05, 3.63) is 103 Å². The molecule has 0 aliphatic heterocycles. The molecule has 1 fully saturated rings. The normalized spacial score (nSPS) is 13.9. The Bertz CT molecular complexity index is 1280. The lowest BCUT2D eigenvalue weighted by molar-refractivity contribution is -0.117. The van der Waals surface area contributed by atoms with E-state index in [0.717, 1.165) is 45.4 Å². The molecule has 4 aromatic rings. The maximum Gasteiger partial charge on any atom is 0.242 e. The molecular formula is C28H24N2O2S. The number of fused-ring (bicyclic) bond motifs is 1. The van der Waals surface area contributed by atoms with Gasteiger partial charge in [0.1, 0.15) is 5.25 Å². The van der Waals surface area contributed by atoms with Crippen LogP contribution in [0.3, 0.4) is 0 Å². The highest BCUT2D eigenvalue weighted by molar-refractivity contribution is 8.00. The summed E-state index contributed by atoms with van der Waals surface area (Å²) in [5.41, 5.74) is 2.50. The van der Waals surface area contributed by atoms with Crippen molar-refractivity contribution in [3.63, 3.8) is 0 Å². The average molecular weight is 453 g/mol. The standard InChI is InChI=1S/C28H24N2O2S/c31-27(21-10-11-21)29-23-14-16-25(17-15-23)33-26(20-7-2-1-3-8-20)28(32)30-24-13-12-19-6-4-5-9-22(19)18-24/h1-9,12-18,21,26H,10-11H2,(H,29,31)(H,30,32). The van der Waals surface area contributed by atoms with Gasteiger partial charge in [0.25, 0.3) is 0 Å². The van der Waals surface area contributed by atoms with Crippen molar-refractivity contribution >= 4 is 45.7 Å². The minimum atomic E-state index is -0.412. The number of rotatable bonds is 7. The van der Waals surface area contributed by atoms with Crippen LogP contribution in [0.2, 0.25) is 0 Å². The number of hydrogen-bond acceptors (Lipinski definition) is 3. The molecule has 0 heterocycles. The van der Waals surface area contributed by atoms with Crippen LogP contribution in [0.5, 0.6) is 0 Å². The van der Waals surface area contributed by atoms with Gasteiger partial charge in [0, 0.05) is 22.2 Å². The highest BCUT2D eigenvalue weighted by Gasteiger charge is 2.29. The predicted octanol–water partition coefficient (Wildman–Crippen LogP) is 6.66. The molecule has 0 saturated heterocycles. The first-order valence-electron chi connectivity index (χ1n) is 11.1. The first-order valence-corrected chi connectivity index (χ1v) is 12.0. The number of benzene rings is 4. The molecule has 5 rings (SSSR count). The molecule has 4 nitrogen and oxygen atoms in total. The highest BCUT2D eigenvalue weighted by Crippen LogP contribution is 2.37. The van der Waals surface area contributed by atoms with Crippen molar-refractivity contribution in [1.29, 1.82) is 0 Å². The maximum atomic E-state index is 13.4. The molecular weight excluding hydrogens is 428 g/mol. The number of amides is 2. The number of hydrogen-bond donors (Lipinski definition) is 2. The van der Waals surface area contributed by atoms with Gasteiger partial charge in [-0.3, -0.25) is 9.59 Å². The van der Waals surface area contributed by atoms with Crippen LogP contribution in [0.15, 0.2) is 102 Å². The fraction of sp³-hybridized carbons (Fsp3) is 0.143. The van der Waals surface area contributed by atoms with Crippen LogP contribution in [0, 0.1) is 5.92 Å². The quantitative estimate of drug-likeness (QED) is 0.308. The van der Waals surface area contributed by atoms with Crippen LogP contribution in [0.1, 0.15) is 23.7 Å². The van der Waals surface area contributed by atoms with Gasteiger partial charge in [-0.1, -0.05) is 60.7 Å². The molecule has 2 amide bonds.